The van der Waals surface area contributed by atoms with Gasteiger partial charge < -0.3 is 10.1 Å². The van der Waals surface area contributed by atoms with Crippen LogP contribution in [0.25, 0.3) is 0 Å². The molecule has 0 unspecified atom stereocenters. The van der Waals surface area contributed by atoms with Crippen molar-refractivity contribution in [2.45, 2.75) is 17.9 Å². The van der Waals surface area contributed by atoms with Crippen molar-refractivity contribution in [3.8, 4) is 5.75 Å². The molecule has 2 aromatic carbocycles. The number of amidine groups is 1. The standard InChI is InChI=1S/C17H15F2N3O4S/c18-17(19)26-12-7-5-11(6-8-12)21-15(23)9-10-20-16-13-3-1-2-4-14(13)27(24,25)22-16/h1-8,17H,9-10H2,(H,20,22)(H,21,23). The van der Waals surface area contributed by atoms with Crippen molar-refractivity contribution in [1.82, 2.24) is 4.72 Å². The molecule has 0 radical (unpaired) electrons. The van der Waals surface area contributed by atoms with E-state index in [1.165, 1.54) is 30.3 Å². The Labute approximate surface area is 154 Å². The number of anilines is 1. The molecule has 0 fully saturated rings. The number of sulfonamides is 1. The molecule has 27 heavy (non-hydrogen) atoms. The number of benzene rings is 2. The van der Waals surface area contributed by atoms with E-state index in [0.717, 1.165) is 0 Å². The van der Waals surface area contributed by atoms with E-state index in [0.29, 0.717) is 11.3 Å². The highest BCUT2D eigenvalue weighted by Crippen LogP contribution is 2.22. The molecule has 7 nitrogen and oxygen atoms in total. The average Bonchev–Trinajstić information content (AvgIpc) is 2.87. The van der Waals surface area contributed by atoms with Crippen LogP contribution in [0.15, 0.2) is 58.4 Å². The monoisotopic (exact) mass is 395 g/mol. The minimum Gasteiger partial charge on any atom is -0.435 e. The molecule has 1 aliphatic heterocycles. The zero-order valence-corrected chi connectivity index (χ0v) is 14.7. The summed E-state index contributed by atoms with van der Waals surface area (Å²) in [5.41, 5.74) is 0.883. The van der Waals surface area contributed by atoms with Crippen LogP contribution in [0, 0.1) is 0 Å². The van der Waals surface area contributed by atoms with Crippen LogP contribution in [0.3, 0.4) is 0 Å². The third kappa shape index (κ3) is 4.59. The summed E-state index contributed by atoms with van der Waals surface area (Å²) in [5.74, 6) is -0.163. The summed E-state index contributed by atoms with van der Waals surface area (Å²) in [6.07, 6.45) is 0.0165. The molecule has 0 aromatic heterocycles. The van der Waals surface area contributed by atoms with E-state index in [9.17, 15) is 22.0 Å². The van der Waals surface area contributed by atoms with Crippen molar-refractivity contribution in [1.29, 1.82) is 0 Å². The van der Waals surface area contributed by atoms with E-state index >= 15 is 0 Å². The quantitative estimate of drug-likeness (QED) is 0.785. The Morgan fingerprint density at radius 1 is 1.15 bits per heavy atom. The molecule has 10 heteroatoms. The number of nitrogens with one attached hydrogen (secondary N) is 2. The number of aliphatic imine (C=N–C) groups is 1. The van der Waals surface area contributed by atoms with Crippen LogP contribution in [-0.2, 0) is 14.8 Å². The minimum absolute atomic E-state index is 0.0124. The molecular weight excluding hydrogens is 380 g/mol. The highest BCUT2D eigenvalue weighted by atomic mass is 32.2. The summed E-state index contributed by atoms with van der Waals surface area (Å²) in [4.78, 5) is 16.3. The van der Waals surface area contributed by atoms with Gasteiger partial charge in [-0.25, -0.2) is 8.42 Å². The second kappa shape index (κ2) is 7.70. The Morgan fingerprint density at radius 2 is 1.85 bits per heavy atom. The fourth-order valence-electron chi connectivity index (χ4n) is 2.46. The van der Waals surface area contributed by atoms with Gasteiger partial charge in [-0.15, -0.1) is 0 Å². The smallest absolute Gasteiger partial charge is 0.387 e. The largest absolute Gasteiger partial charge is 0.435 e. The number of ether oxygens (including phenoxy) is 1. The van der Waals surface area contributed by atoms with Gasteiger partial charge in [0.15, 0.2) is 0 Å². The van der Waals surface area contributed by atoms with Crippen LogP contribution in [0.1, 0.15) is 12.0 Å². The highest BCUT2D eigenvalue weighted by Gasteiger charge is 2.29. The molecule has 3 rings (SSSR count). The first-order valence-corrected chi connectivity index (χ1v) is 9.35. The first kappa shape index (κ1) is 18.8. The molecule has 0 aliphatic carbocycles. The minimum atomic E-state index is -3.61. The summed E-state index contributed by atoms with van der Waals surface area (Å²) in [6.45, 7) is -2.84. The number of alkyl halides is 2. The maximum atomic E-state index is 12.1. The predicted molar refractivity (Wildman–Crippen MR) is 94.5 cm³/mol. The fourth-order valence-corrected chi connectivity index (χ4v) is 3.71. The zero-order valence-electron chi connectivity index (χ0n) is 13.9. The van der Waals surface area contributed by atoms with E-state index < -0.39 is 16.6 Å². The molecule has 0 spiro atoms. The molecule has 1 amide bonds. The lowest BCUT2D eigenvalue weighted by molar-refractivity contribution is -0.116. The van der Waals surface area contributed by atoms with Crippen LogP contribution in [0.5, 0.6) is 5.75 Å². The molecule has 0 atom stereocenters. The van der Waals surface area contributed by atoms with Crippen molar-refractivity contribution in [3.63, 3.8) is 0 Å². The summed E-state index contributed by atoms with van der Waals surface area (Å²) in [6, 6.07) is 11.9. The van der Waals surface area contributed by atoms with Gasteiger partial charge in [0.2, 0.25) is 5.91 Å². The second-order valence-electron chi connectivity index (χ2n) is 5.53. The van der Waals surface area contributed by atoms with Crippen LogP contribution in [0.4, 0.5) is 14.5 Å². The van der Waals surface area contributed by atoms with Crippen LogP contribution in [-0.4, -0.2) is 33.3 Å². The van der Waals surface area contributed by atoms with Gasteiger partial charge in [-0.05, 0) is 36.4 Å². The SMILES string of the molecule is O=C(CCN=C1NS(=O)(=O)c2ccccc21)Nc1ccc(OC(F)F)cc1. The van der Waals surface area contributed by atoms with Crippen molar-refractivity contribution in [3.05, 3.63) is 54.1 Å². The lowest BCUT2D eigenvalue weighted by Gasteiger charge is -2.07. The number of carbonyl (C=O) groups excluding carboxylic acids is 1. The third-order valence-corrected chi connectivity index (χ3v) is 5.03. The maximum Gasteiger partial charge on any atom is 0.387 e. The third-order valence-electron chi connectivity index (χ3n) is 3.63. The molecule has 0 saturated carbocycles. The molecule has 2 aromatic rings. The van der Waals surface area contributed by atoms with E-state index in [1.54, 1.807) is 18.2 Å². The van der Waals surface area contributed by atoms with Gasteiger partial charge in [0.25, 0.3) is 10.0 Å². The van der Waals surface area contributed by atoms with E-state index in [4.69, 9.17) is 0 Å². The fraction of sp³-hybridized carbons (Fsp3) is 0.176. The van der Waals surface area contributed by atoms with Crippen molar-refractivity contribution < 1.29 is 26.7 Å². The average molecular weight is 395 g/mol. The number of hydrogen-bond donors (Lipinski definition) is 2. The van der Waals surface area contributed by atoms with Crippen molar-refractivity contribution >= 4 is 27.5 Å². The number of halogens is 2. The highest BCUT2D eigenvalue weighted by molar-refractivity contribution is 7.90. The maximum absolute atomic E-state index is 12.1. The number of rotatable bonds is 6. The van der Waals surface area contributed by atoms with Gasteiger partial charge >= 0.3 is 6.61 Å². The Morgan fingerprint density at radius 3 is 2.56 bits per heavy atom. The van der Waals surface area contributed by atoms with Gasteiger partial charge in [0.1, 0.15) is 11.6 Å². The Hall–Kier alpha value is -3.01. The van der Waals surface area contributed by atoms with E-state index in [1.807, 2.05) is 0 Å². The van der Waals surface area contributed by atoms with Gasteiger partial charge in [0, 0.05) is 17.7 Å². The van der Waals surface area contributed by atoms with Gasteiger partial charge in [-0.1, -0.05) is 12.1 Å². The first-order valence-electron chi connectivity index (χ1n) is 7.86. The molecule has 1 heterocycles. The van der Waals surface area contributed by atoms with Crippen LogP contribution >= 0.6 is 0 Å². The molecular formula is C17H15F2N3O4S. The van der Waals surface area contributed by atoms with Crippen LogP contribution < -0.4 is 14.8 Å². The number of hydrogen-bond acceptors (Lipinski definition) is 5. The summed E-state index contributed by atoms with van der Waals surface area (Å²) in [7, 11) is -3.61. The van der Waals surface area contributed by atoms with Gasteiger partial charge in [-0.2, -0.15) is 8.78 Å². The molecule has 142 valence electrons. The summed E-state index contributed by atoms with van der Waals surface area (Å²) >= 11 is 0. The van der Waals surface area contributed by atoms with Crippen molar-refractivity contribution in [2.75, 3.05) is 11.9 Å². The summed E-state index contributed by atoms with van der Waals surface area (Å²) < 4.78 is 54.7. The lowest BCUT2D eigenvalue weighted by Crippen LogP contribution is -2.23. The molecule has 0 bridgehead atoms. The number of nitrogens with zero attached hydrogens (tertiary/aromatic N) is 1. The van der Waals surface area contributed by atoms with Gasteiger partial charge in [0.05, 0.1) is 11.4 Å². The molecule has 2 N–H and O–H groups in total. The first-order chi connectivity index (χ1) is 12.8. The number of carbonyl (C=O) groups is 1. The van der Waals surface area contributed by atoms with Crippen molar-refractivity contribution in [2.24, 2.45) is 4.99 Å². The number of fused-ring (bicyclic) bond motifs is 1. The molecule has 0 saturated heterocycles. The van der Waals surface area contributed by atoms with Gasteiger partial charge in [-0.3, -0.25) is 14.5 Å². The van der Waals surface area contributed by atoms with E-state index in [-0.39, 0.29) is 35.4 Å². The lowest BCUT2D eigenvalue weighted by atomic mass is 10.2. The van der Waals surface area contributed by atoms with E-state index in [2.05, 4.69) is 19.8 Å². The molecule has 1 aliphatic rings. The Bertz CT molecular complexity index is 976. The Balaban J connectivity index is 1.57. The predicted octanol–water partition coefficient (Wildman–Crippen LogP) is 2.36. The second-order valence-corrected chi connectivity index (χ2v) is 7.18. The topological polar surface area (TPSA) is 96.9 Å². The summed E-state index contributed by atoms with van der Waals surface area (Å²) in [5, 5.41) is 2.59. The number of amides is 1. The normalized spacial score (nSPS) is 16.0. The zero-order chi connectivity index (χ0) is 19.4. The Kier molecular flexibility index (Phi) is 5.36. The van der Waals surface area contributed by atoms with Crippen LogP contribution in [0.2, 0.25) is 0 Å².